The molecule has 3 rings (SSSR count). The van der Waals surface area contributed by atoms with Gasteiger partial charge in [-0.25, -0.2) is 17.8 Å². The predicted molar refractivity (Wildman–Crippen MR) is 93.9 cm³/mol. The molecule has 0 amide bonds. The molecule has 0 unspecified atom stereocenters. The van der Waals surface area contributed by atoms with Crippen LogP contribution in [0, 0.1) is 19.7 Å². The van der Waals surface area contributed by atoms with Crippen LogP contribution in [0.4, 0.5) is 10.1 Å². The Labute approximate surface area is 144 Å². The van der Waals surface area contributed by atoms with Crippen molar-refractivity contribution in [2.24, 2.45) is 0 Å². The van der Waals surface area contributed by atoms with Gasteiger partial charge in [0.05, 0.1) is 17.5 Å². The number of sulfonamides is 1. The van der Waals surface area contributed by atoms with Gasteiger partial charge < -0.3 is 4.98 Å². The van der Waals surface area contributed by atoms with E-state index in [1.165, 1.54) is 18.3 Å². The Bertz CT molecular complexity index is 1100. The summed E-state index contributed by atoms with van der Waals surface area (Å²) in [6.45, 7) is 3.43. The first kappa shape index (κ1) is 17.1. The minimum atomic E-state index is -3.67. The van der Waals surface area contributed by atoms with Gasteiger partial charge in [0, 0.05) is 23.3 Å². The molecule has 0 bridgehead atoms. The predicted octanol–water partition coefficient (Wildman–Crippen LogP) is 2.92. The van der Waals surface area contributed by atoms with Crippen LogP contribution in [0.2, 0.25) is 0 Å². The lowest BCUT2D eigenvalue weighted by molar-refractivity contribution is 0.103. The lowest BCUT2D eigenvalue weighted by Gasteiger charge is -2.11. The summed E-state index contributed by atoms with van der Waals surface area (Å²) < 4.78 is 39.7. The number of carbonyl (C=O) groups excluding carboxylic acids is 1. The molecule has 0 atom stereocenters. The molecule has 0 aliphatic carbocycles. The van der Waals surface area contributed by atoms with Gasteiger partial charge in [-0.1, -0.05) is 6.07 Å². The number of H-pyrrole nitrogens is 1. The molecule has 6 nitrogen and oxygen atoms in total. The highest BCUT2D eigenvalue weighted by Crippen LogP contribution is 2.28. The fraction of sp³-hybridized carbons (Fsp3) is 0.176. The maximum Gasteiger partial charge on any atom is 0.229 e. The number of halogens is 1. The maximum atomic E-state index is 14.8. The number of anilines is 1. The normalized spacial score (nSPS) is 11.7. The largest absolute Gasteiger partial charge is 0.345 e. The Kier molecular flexibility index (Phi) is 4.08. The minimum Gasteiger partial charge on any atom is -0.345 e. The average Bonchev–Trinajstić information content (AvgIpc) is 2.94. The van der Waals surface area contributed by atoms with Crippen LogP contribution in [0.5, 0.6) is 0 Å². The van der Waals surface area contributed by atoms with E-state index in [9.17, 15) is 17.6 Å². The molecule has 3 aromatic rings. The Hall–Kier alpha value is -2.74. The van der Waals surface area contributed by atoms with Gasteiger partial charge in [-0.05, 0) is 37.1 Å². The number of aromatic nitrogens is 2. The van der Waals surface area contributed by atoms with E-state index in [2.05, 4.69) is 14.7 Å². The van der Waals surface area contributed by atoms with Crippen molar-refractivity contribution in [3.8, 4) is 0 Å². The van der Waals surface area contributed by atoms with E-state index < -0.39 is 21.6 Å². The molecule has 2 heterocycles. The summed E-state index contributed by atoms with van der Waals surface area (Å²) in [5, 5.41) is 0.618. The maximum absolute atomic E-state index is 14.8. The van der Waals surface area contributed by atoms with Crippen molar-refractivity contribution in [2.45, 2.75) is 13.8 Å². The Morgan fingerprint density at radius 3 is 2.60 bits per heavy atom. The summed E-state index contributed by atoms with van der Waals surface area (Å²) >= 11 is 0. The van der Waals surface area contributed by atoms with E-state index in [0.29, 0.717) is 22.2 Å². The SMILES string of the molecule is Cc1ccc(NS(C)(=O)=O)c(F)c1C(=O)c1c[nH]c2nccc(C)c12. The van der Waals surface area contributed by atoms with Gasteiger partial charge in [-0.2, -0.15) is 0 Å². The Morgan fingerprint density at radius 1 is 1.20 bits per heavy atom. The van der Waals surface area contributed by atoms with E-state index in [-0.39, 0.29) is 11.3 Å². The van der Waals surface area contributed by atoms with Crippen molar-refractivity contribution in [1.29, 1.82) is 0 Å². The molecule has 0 saturated carbocycles. The number of aromatic amines is 1. The number of nitrogens with zero attached hydrogens (tertiary/aromatic N) is 1. The zero-order chi connectivity index (χ0) is 18.4. The first-order valence-corrected chi connectivity index (χ1v) is 9.32. The van der Waals surface area contributed by atoms with Crippen LogP contribution < -0.4 is 4.72 Å². The molecule has 0 radical (unpaired) electrons. The standard InChI is InChI=1S/C17H16FN3O3S/c1-9-4-5-12(21-25(3,23)24)15(18)14(9)16(22)11-8-20-17-13(11)10(2)6-7-19-17/h4-8,21H,1-3H3,(H,19,20). The fourth-order valence-electron chi connectivity index (χ4n) is 2.76. The molecule has 0 aliphatic rings. The van der Waals surface area contributed by atoms with E-state index in [0.717, 1.165) is 11.8 Å². The van der Waals surface area contributed by atoms with Crippen LogP contribution in [0.3, 0.4) is 0 Å². The van der Waals surface area contributed by atoms with Crippen LogP contribution in [-0.4, -0.2) is 30.4 Å². The summed E-state index contributed by atoms with van der Waals surface area (Å²) in [5.74, 6) is -1.43. The molecule has 1 aromatic carbocycles. The highest BCUT2D eigenvalue weighted by atomic mass is 32.2. The Balaban J connectivity index is 2.18. The van der Waals surface area contributed by atoms with Gasteiger partial charge in [-0.15, -0.1) is 0 Å². The first-order chi connectivity index (χ1) is 11.7. The molecule has 0 aliphatic heterocycles. The third-order valence-electron chi connectivity index (χ3n) is 3.90. The molecule has 0 fully saturated rings. The quantitative estimate of drug-likeness (QED) is 0.699. The second-order valence-corrected chi connectivity index (χ2v) is 7.62. The smallest absolute Gasteiger partial charge is 0.229 e. The number of ketones is 1. The number of carbonyl (C=O) groups is 1. The fourth-order valence-corrected chi connectivity index (χ4v) is 3.32. The van der Waals surface area contributed by atoms with E-state index >= 15 is 0 Å². The lowest BCUT2D eigenvalue weighted by Crippen LogP contribution is -2.14. The third-order valence-corrected chi connectivity index (χ3v) is 4.49. The van der Waals surface area contributed by atoms with Gasteiger partial charge in [0.2, 0.25) is 10.0 Å². The van der Waals surface area contributed by atoms with Crippen LogP contribution in [0.1, 0.15) is 27.0 Å². The van der Waals surface area contributed by atoms with Crippen LogP contribution in [0.25, 0.3) is 11.0 Å². The number of hydrogen-bond acceptors (Lipinski definition) is 4. The average molecular weight is 361 g/mol. The van der Waals surface area contributed by atoms with Gasteiger partial charge >= 0.3 is 0 Å². The Morgan fingerprint density at radius 2 is 1.92 bits per heavy atom. The van der Waals surface area contributed by atoms with Gasteiger partial charge in [0.1, 0.15) is 5.65 Å². The lowest BCUT2D eigenvalue weighted by atomic mass is 9.97. The van der Waals surface area contributed by atoms with E-state index in [1.807, 2.05) is 6.92 Å². The van der Waals surface area contributed by atoms with Gasteiger partial charge in [0.25, 0.3) is 0 Å². The zero-order valence-corrected chi connectivity index (χ0v) is 14.7. The molecule has 0 spiro atoms. The molecule has 8 heteroatoms. The number of rotatable bonds is 4. The summed E-state index contributed by atoms with van der Waals surface area (Å²) in [7, 11) is -3.67. The molecular weight excluding hydrogens is 345 g/mol. The monoisotopic (exact) mass is 361 g/mol. The molecule has 2 N–H and O–H groups in total. The first-order valence-electron chi connectivity index (χ1n) is 7.43. The number of nitrogens with one attached hydrogen (secondary N) is 2. The van der Waals surface area contributed by atoms with Gasteiger partial charge in [-0.3, -0.25) is 9.52 Å². The van der Waals surface area contributed by atoms with Crippen molar-refractivity contribution < 1.29 is 17.6 Å². The third kappa shape index (κ3) is 3.12. The minimum absolute atomic E-state index is 0.169. The van der Waals surface area contributed by atoms with E-state index in [1.54, 1.807) is 19.2 Å². The van der Waals surface area contributed by atoms with Gasteiger partial charge in [0.15, 0.2) is 11.6 Å². The number of hydrogen-bond donors (Lipinski definition) is 2. The van der Waals surface area contributed by atoms with Crippen molar-refractivity contribution in [1.82, 2.24) is 9.97 Å². The molecule has 2 aromatic heterocycles. The molecule has 130 valence electrons. The summed E-state index contributed by atoms with van der Waals surface area (Å²) in [5.41, 5.74) is 1.64. The highest BCUT2D eigenvalue weighted by Gasteiger charge is 2.23. The summed E-state index contributed by atoms with van der Waals surface area (Å²) in [4.78, 5) is 20.0. The van der Waals surface area contributed by atoms with Crippen molar-refractivity contribution in [3.05, 3.63) is 58.7 Å². The molecular formula is C17H16FN3O3S. The van der Waals surface area contributed by atoms with Crippen molar-refractivity contribution in [2.75, 3.05) is 11.0 Å². The van der Waals surface area contributed by atoms with Crippen molar-refractivity contribution in [3.63, 3.8) is 0 Å². The number of benzene rings is 1. The number of pyridine rings is 1. The number of fused-ring (bicyclic) bond motifs is 1. The molecule has 0 saturated heterocycles. The van der Waals surface area contributed by atoms with Crippen LogP contribution in [-0.2, 0) is 10.0 Å². The van der Waals surface area contributed by atoms with Crippen LogP contribution in [0.15, 0.2) is 30.6 Å². The highest BCUT2D eigenvalue weighted by molar-refractivity contribution is 7.92. The van der Waals surface area contributed by atoms with Crippen molar-refractivity contribution >= 4 is 32.5 Å². The number of aryl methyl sites for hydroxylation is 2. The summed E-state index contributed by atoms with van der Waals surface area (Å²) in [6.07, 6.45) is 4.02. The summed E-state index contributed by atoms with van der Waals surface area (Å²) in [6, 6.07) is 4.56. The van der Waals surface area contributed by atoms with Crippen LogP contribution >= 0.6 is 0 Å². The topological polar surface area (TPSA) is 91.9 Å². The van der Waals surface area contributed by atoms with E-state index in [4.69, 9.17) is 0 Å². The molecule has 25 heavy (non-hydrogen) atoms. The second kappa shape index (κ2) is 5.96. The second-order valence-electron chi connectivity index (χ2n) is 5.88. The zero-order valence-electron chi connectivity index (χ0n) is 13.8.